The summed E-state index contributed by atoms with van der Waals surface area (Å²) in [5.41, 5.74) is 0. The van der Waals surface area contributed by atoms with Crippen LogP contribution in [-0.2, 0) is 9.59 Å². The number of amides is 1. The van der Waals surface area contributed by atoms with Gasteiger partial charge in [0.05, 0.1) is 0 Å². The highest BCUT2D eigenvalue weighted by Crippen LogP contribution is 1.74. The van der Waals surface area contributed by atoms with E-state index in [1.54, 1.807) is 0 Å². The molecule has 5 nitrogen and oxygen atoms in total. The second-order valence-corrected chi connectivity index (χ2v) is 1.57. The minimum atomic E-state index is -1.28. The molecule has 0 rings (SSSR count). The molecular weight excluding hydrogens is 148 g/mol. The van der Waals surface area contributed by atoms with Gasteiger partial charge in [-0.25, -0.2) is 4.79 Å². The molecule has 0 bridgehead atoms. The van der Waals surface area contributed by atoms with Crippen molar-refractivity contribution in [2.24, 2.45) is 4.99 Å². The lowest BCUT2D eigenvalue weighted by Crippen LogP contribution is -2.34. The van der Waals surface area contributed by atoms with E-state index in [1.807, 2.05) is 5.32 Å². The zero-order chi connectivity index (χ0) is 8.85. The van der Waals surface area contributed by atoms with E-state index in [0.717, 1.165) is 6.08 Å². The molecule has 11 heavy (non-hydrogen) atoms. The Labute approximate surface area is 63.4 Å². The van der Waals surface area contributed by atoms with E-state index < -0.39 is 17.7 Å². The largest absolute Gasteiger partial charge is 0.475 e. The van der Waals surface area contributed by atoms with Crippen LogP contribution in [0.2, 0.25) is 0 Å². The maximum absolute atomic E-state index is 10.5. The molecule has 0 fully saturated rings. The first kappa shape index (κ1) is 9.35. The van der Waals surface area contributed by atoms with Gasteiger partial charge in [0.1, 0.15) is 0 Å². The van der Waals surface area contributed by atoms with Crippen LogP contribution in [0.4, 0.5) is 0 Å². The average molecular weight is 156 g/mol. The van der Waals surface area contributed by atoms with Gasteiger partial charge in [0.25, 0.3) is 0 Å². The van der Waals surface area contributed by atoms with Gasteiger partial charge in [0.2, 0.25) is 11.7 Å². The second-order valence-electron chi connectivity index (χ2n) is 1.57. The number of hydrogen-bond acceptors (Lipinski definition) is 3. The van der Waals surface area contributed by atoms with E-state index >= 15 is 0 Å². The van der Waals surface area contributed by atoms with E-state index in [1.165, 1.54) is 7.05 Å². The summed E-state index contributed by atoms with van der Waals surface area (Å²) in [5, 5.41) is 10.3. The molecule has 0 radical (unpaired) electrons. The fourth-order valence-corrected chi connectivity index (χ4v) is 0.373. The molecule has 0 aliphatic rings. The molecule has 0 atom stereocenters. The number of carbonyl (C=O) groups excluding carboxylic acids is 1. The van der Waals surface area contributed by atoms with Crippen LogP contribution in [0.5, 0.6) is 0 Å². The molecule has 1 amide bonds. The summed E-state index contributed by atoms with van der Waals surface area (Å²) >= 11 is 0. The molecule has 0 unspecified atom stereocenters. The molecule has 0 aromatic rings. The van der Waals surface area contributed by atoms with E-state index in [2.05, 4.69) is 11.6 Å². The Morgan fingerprint density at radius 2 is 2.18 bits per heavy atom. The Bertz CT molecular complexity index is 220. The van der Waals surface area contributed by atoms with Gasteiger partial charge in [0, 0.05) is 7.05 Å². The van der Waals surface area contributed by atoms with Crippen LogP contribution in [-0.4, -0.2) is 29.9 Å². The number of aliphatic carboxylic acids is 1. The maximum Gasteiger partial charge on any atom is 0.371 e. The van der Waals surface area contributed by atoms with Crippen molar-refractivity contribution in [3.05, 3.63) is 12.7 Å². The molecule has 0 saturated carbocycles. The monoisotopic (exact) mass is 156 g/mol. The summed E-state index contributed by atoms with van der Waals surface area (Å²) in [6.07, 6.45) is 0.966. The summed E-state index contributed by atoms with van der Waals surface area (Å²) in [6, 6.07) is 0. The van der Waals surface area contributed by atoms with Gasteiger partial charge in [-0.3, -0.25) is 9.79 Å². The van der Waals surface area contributed by atoms with Crippen LogP contribution >= 0.6 is 0 Å². The van der Waals surface area contributed by atoms with Crippen LogP contribution in [0.3, 0.4) is 0 Å². The quantitative estimate of drug-likeness (QED) is 0.302. The zero-order valence-corrected chi connectivity index (χ0v) is 6.00. The maximum atomic E-state index is 10.5. The van der Waals surface area contributed by atoms with Crippen molar-refractivity contribution in [2.45, 2.75) is 0 Å². The van der Waals surface area contributed by atoms with Crippen LogP contribution in [0.15, 0.2) is 17.6 Å². The molecule has 0 aromatic carbocycles. The molecule has 0 spiro atoms. The molecule has 0 aromatic heterocycles. The first-order chi connectivity index (χ1) is 5.11. The topological polar surface area (TPSA) is 78.8 Å². The van der Waals surface area contributed by atoms with Crippen LogP contribution in [0, 0.1) is 0 Å². The Morgan fingerprint density at radius 1 is 1.64 bits per heavy atom. The van der Waals surface area contributed by atoms with Crippen molar-refractivity contribution in [3.63, 3.8) is 0 Å². The molecular formula is C6H8N2O3. The van der Waals surface area contributed by atoms with Gasteiger partial charge in [-0.05, 0) is 6.08 Å². The lowest BCUT2D eigenvalue weighted by Gasteiger charge is -1.98. The molecule has 0 saturated heterocycles. The number of carboxylic acid groups (broad SMARTS) is 1. The van der Waals surface area contributed by atoms with Crippen LogP contribution < -0.4 is 5.32 Å². The first-order valence-electron chi connectivity index (χ1n) is 2.75. The highest BCUT2D eigenvalue weighted by Gasteiger charge is 2.08. The third-order valence-corrected chi connectivity index (χ3v) is 0.853. The molecule has 60 valence electrons. The highest BCUT2D eigenvalue weighted by atomic mass is 16.4. The van der Waals surface area contributed by atoms with E-state index in [4.69, 9.17) is 5.11 Å². The first-order valence-corrected chi connectivity index (χ1v) is 2.75. The van der Waals surface area contributed by atoms with Gasteiger partial charge in [0.15, 0.2) is 0 Å². The van der Waals surface area contributed by atoms with Crippen molar-refractivity contribution < 1.29 is 14.7 Å². The third-order valence-electron chi connectivity index (χ3n) is 0.853. The van der Waals surface area contributed by atoms with Crippen molar-refractivity contribution in [2.75, 3.05) is 7.05 Å². The van der Waals surface area contributed by atoms with Crippen LogP contribution in [0.25, 0.3) is 0 Å². The van der Waals surface area contributed by atoms with Gasteiger partial charge >= 0.3 is 5.97 Å². The number of carboxylic acids is 1. The van der Waals surface area contributed by atoms with Crippen molar-refractivity contribution in [3.8, 4) is 0 Å². The Hall–Kier alpha value is -1.65. The van der Waals surface area contributed by atoms with Gasteiger partial charge in [-0.2, -0.15) is 0 Å². The average Bonchev–Trinajstić information content (AvgIpc) is 1.99. The molecule has 0 aliphatic carbocycles. The SMILES string of the molecule is C=CC(=O)NC(=NC)C(=O)O. The van der Waals surface area contributed by atoms with Crippen molar-refractivity contribution >= 4 is 17.7 Å². The summed E-state index contributed by atoms with van der Waals surface area (Å²) in [6.45, 7) is 3.15. The number of hydrogen-bond donors (Lipinski definition) is 2. The van der Waals surface area contributed by atoms with Gasteiger partial charge in [-0.1, -0.05) is 6.58 Å². The van der Waals surface area contributed by atoms with Crippen LogP contribution in [0.1, 0.15) is 0 Å². The number of aliphatic imine (C=N–C) groups is 1. The zero-order valence-electron chi connectivity index (χ0n) is 6.00. The molecule has 2 N–H and O–H groups in total. The lowest BCUT2D eigenvalue weighted by atomic mass is 10.5. The number of carbonyl (C=O) groups is 2. The predicted octanol–water partition coefficient (Wildman–Crippen LogP) is -0.599. The fraction of sp³-hybridized carbons (Fsp3) is 0.167. The lowest BCUT2D eigenvalue weighted by molar-refractivity contribution is -0.130. The van der Waals surface area contributed by atoms with Gasteiger partial charge < -0.3 is 10.4 Å². The Balaban J connectivity index is 4.22. The Kier molecular flexibility index (Phi) is 3.58. The molecule has 5 heteroatoms. The van der Waals surface area contributed by atoms with Crippen molar-refractivity contribution in [1.82, 2.24) is 5.32 Å². The third kappa shape index (κ3) is 3.14. The number of nitrogens with zero attached hydrogens (tertiary/aromatic N) is 1. The number of nitrogens with one attached hydrogen (secondary N) is 1. The summed E-state index contributed by atoms with van der Waals surface area (Å²) in [7, 11) is 1.27. The number of rotatable bonds is 1. The van der Waals surface area contributed by atoms with E-state index in [-0.39, 0.29) is 0 Å². The van der Waals surface area contributed by atoms with Gasteiger partial charge in [-0.15, -0.1) is 0 Å². The fourth-order valence-electron chi connectivity index (χ4n) is 0.373. The Morgan fingerprint density at radius 3 is 2.45 bits per heavy atom. The van der Waals surface area contributed by atoms with Crippen molar-refractivity contribution in [1.29, 1.82) is 0 Å². The second kappa shape index (κ2) is 4.21. The van der Waals surface area contributed by atoms with E-state index in [0.29, 0.717) is 0 Å². The minimum Gasteiger partial charge on any atom is -0.475 e. The minimum absolute atomic E-state index is 0.394. The molecule has 0 aliphatic heterocycles. The predicted molar refractivity (Wildman–Crippen MR) is 39.3 cm³/mol. The highest BCUT2D eigenvalue weighted by molar-refractivity contribution is 6.37. The summed E-state index contributed by atoms with van der Waals surface area (Å²) in [4.78, 5) is 24.0. The normalized spacial score (nSPS) is 10.5. The summed E-state index contributed by atoms with van der Waals surface area (Å²) < 4.78 is 0. The van der Waals surface area contributed by atoms with E-state index in [9.17, 15) is 9.59 Å². The number of amidine groups is 1. The standard InChI is InChI=1S/C6H8N2O3/c1-3-4(9)8-5(7-2)6(10)11/h3H,1H2,2H3,(H,10,11)(H,7,8,9). The summed E-state index contributed by atoms with van der Waals surface area (Å²) in [5.74, 6) is -2.26. The molecule has 0 heterocycles. The smallest absolute Gasteiger partial charge is 0.371 e.